The second-order valence-electron chi connectivity index (χ2n) is 3.24. The molecule has 0 unspecified atom stereocenters. The van der Waals surface area contributed by atoms with Crippen LogP contribution in [0.3, 0.4) is 0 Å². The van der Waals surface area contributed by atoms with Crippen molar-refractivity contribution in [2.45, 2.75) is 6.42 Å². The topological polar surface area (TPSA) is 30.2 Å². The molecule has 0 bridgehead atoms. The zero-order valence-corrected chi connectivity index (χ0v) is 8.91. The van der Waals surface area contributed by atoms with Gasteiger partial charge in [-0.1, -0.05) is 43.0 Å². The highest BCUT2D eigenvalue weighted by Crippen LogP contribution is 2.17. The lowest BCUT2D eigenvalue weighted by molar-refractivity contribution is 0.106. The van der Waals surface area contributed by atoms with Gasteiger partial charge in [-0.05, 0) is 11.6 Å². The molecule has 0 aliphatic carbocycles. The van der Waals surface area contributed by atoms with Crippen molar-refractivity contribution in [1.29, 1.82) is 0 Å². The summed E-state index contributed by atoms with van der Waals surface area (Å²) in [5.74, 6) is 0.335. The summed E-state index contributed by atoms with van der Waals surface area (Å²) in [6.45, 7) is 0. The fourth-order valence-corrected chi connectivity index (χ4v) is 1.67. The maximum Gasteiger partial charge on any atom is 0.251 e. The van der Waals surface area contributed by atoms with Gasteiger partial charge in [0.15, 0.2) is 5.76 Å². The summed E-state index contributed by atoms with van der Waals surface area (Å²) in [6, 6.07) is 11.7. The highest BCUT2D eigenvalue weighted by atomic mass is 32.1. The first-order valence-electron chi connectivity index (χ1n) is 4.61. The lowest BCUT2D eigenvalue weighted by atomic mass is 10.1. The van der Waals surface area contributed by atoms with E-state index in [0.717, 1.165) is 11.1 Å². The van der Waals surface area contributed by atoms with E-state index in [1.807, 2.05) is 30.3 Å². The molecule has 0 N–H and O–H groups in total. The first kappa shape index (κ1) is 10.1. The molecule has 0 saturated heterocycles. The van der Waals surface area contributed by atoms with E-state index >= 15 is 0 Å². The van der Waals surface area contributed by atoms with E-state index in [4.69, 9.17) is 4.42 Å². The molecule has 2 aromatic rings. The largest absolute Gasteiger partial charge is 0.460 e. The molecule has 15 heavy (non-hydrogen) atoms. The van der Waals surface area contributed by atoms with Crippen LogP contribution in [-0.2, 0) is 6.42 Å². The molecular formula is C12H10O2S. The Bertz CT molecular complexity index is 459. The molecule has 0 saturated carbocycles. The van der Waals surface area contributed by atoms with Gasteiger partial charge in [-0.15, -0.1) is 0 Å². The summed E-state index contributed by atoms with van der Waals surface area (Å²) in [5.41, 5.74) is 2.02. The molecule has 0 amide bonds. The third-order valence-corrected chi connectivity index (χ3v) is 2.38. The molecule has 0 fully saturated rings. The highest BCUT2D eigenvalue weighted by molar-refractivity contribution is 7.97. The molecule has 0 radical (unpaired) electrons. The first-order valence-corrected chi connectivity index (χ1v) is 5.05. The number of thiol groups is 1. The van der Waals surface area contributed by atoms with Crippen molar-refractivity contribution in [1.82, 2.24) is 0 Å². The van der Waals surface area contributed by atoms with Crippen LogP contribution in [0.5, 0.6) is 0 Å². The summed E-state index contributed by atoms with van der Waals surface area (Å²) in [6.07, 6.45) is 2.21. The molecule has 0 aliphatic rings. The monoisotopic (exact) mass is 218 g/mol. The molecule has 76 valence electrons. The Kier molecular flexibility index (Phi) is 2.92. The second kappa shape index (κ2) is 4.36. The van der Waals surface area contributed by atoms with Crippen LogP contribution in [0, 0.1) is 0 Å². The Morgan fingerprint density at radius 2 is 1.93 bits per heavy atom. The number of hydrogen-bond donors (Lipinski definition) is 1. The van der Waals surface area contributed by atoms with Crippen molar-refractivity contribution in [3.05, 3.63) is 59.5 Å². The third-order valence-electron chi connectivity index (χ3n) is 2.18. The molecule has 0 aliphatic heterocycles. The van der Waals surface area contributed by atoms with Gasteiger partial charge in [0.1, 0.15) is 0 Å². The molecule has 0 atom stereocenters. The maximum atomic E-state index is 11.1. The molecule has 1 aromatic heterocycles. The molecule has 2 nitrogen and oxygen atoms in total. The number of carbonyl (C=O) groups excluding carboxylic acids is 1. The normalized spacial score (nSPS) is 10.2. The summed E-state index contributed by atoms with van der Waals surface area (Å²) in [4.78, 5) is 11.1. The van der Waals surface area contributed by atoms with E-state index in [1.165, 1.54) is 6.26 Å². The lowest BCUT2D eigenvalue weighted by Crippen LogP contribution is -1.94. The van der Waals surface area contributed by atoms with Crippen molar-refractivity contribution in [3.63, 3.8) is 0 Å². The molecular weight excluding hydrogens is 208 g/mol. The van der Waals surface area contributed by atoms with Crippen LogP contribution in [0.2, 0.25) is 0 Å². The number of rotatable bonds is 3. The molecule has 3 heteroatoms. The van der Waals surface area contributed by atoms with Gasteiger partial charge in [0.25, 0.3) is 5.12 Å². The Balaban J connectivity index is 2.25. The van der Waals surface area contributed by atoms with E-state index < -0.39 is 0 Å². The summed E-state index contributed by atoms with van der Waals surface area (Å²) < 4.78 is 5.07. The minimum absolute atomic E-state index is 0.328. The quantitative estimate of drug-likeness (QED) is 0.803. The number of hydrogen-bond acceptors (Lipinski definition) is 2. The Morgan fingerprint density at radius 1 is 1.20 bits per heavy atom. The van der Waals surface area contributed by atoms with E-state index in [1.54, 1.807) is 6.07 Å². The minimum atomic E-state index is -0.328. The Labute approximate surface area is 93.3 Å². The first-order chi connectivity index (χ1) is 7.27. The summed E-state index contributed by atoms with van der Waals surface area (Å²) >= 11 is 3.76. The van der Waals surface area contributed by atoms with Crippen molar-refractivity contribution in [3.8, 4) is 0 Å². The van der Waals surface area contributed by atoms with Crippen molar-refractivity contribution >= 4 is 17.7 Å². The van der Waals surface area contributed by atoms with Crippen LogP contribution >= 0.6 is 12.6 Å². The van der Waals surface area contributed by atoms with Crippen molar-refractivity contribution in [2.75, 3.05) is 0 Å². The van der Waals surface area contributed by atoms with Crippen LogP contribution in [-0.4, -0.2) is 5.12 Å². The van der Waals surface area contributed by atoms with Gasteiger partial charge in [-0.25, -0.2) is 0 Å². The van der Waals surface area contributed by atoms with Crippen LogP contribution in [0.1, 0.15) is 21.7 Å². The number of benzene rings is 1. The standard InChI is InChI=1S/C12H10O2S/c13-12(15)11-10(6-7-14-11)8-9-4-2-1-3-5-9/h1-7H,8H2,(H,13,15). The highest BCUT2D eigenvalue weighted by Gasteiger charge is 2.11. The van der Waals surface area contributed by atoms with Crippen LogP contribution < -0.4 is 0 Å². The minimum Gasteiger partial charge on any atom is -0.460 e. The lowest BCUT2D eigenvalue weighted by Gasteiger charge is -1.99. The molecule has 1 heterocycles. The molecule has 0 spiro atoms. The van der Waals surface area contributed by atoms with Crippen molar-refractivity contribution in [2.24, 2.45) is 0 Å². The summed E-state index contributed by atoms with van der Waals surface area (Å²) in [5, 5.41) is -0.328. The van der Waals surface area contributed by atoms with E-state index in [0.29, 0.717) is 12.2 Å². The zero-order valence-electron chi connectivity index (χ0n) is 8.01. The van der Waals surface area contributed by atoms with Gasteiger partial charge >= 0.3 is 0 Å². The third kappa shape index (κ3) is 2.30. The summed E-state index contributed by atoms with van der Waals surface area (Å²) in [7, 11) is 0. The van der Waals surface area contributed by atoms with Gasteiger partial charge in [0.05, 0.1) is 6.26 Å². The van der Waals surface area contributed by atoms with Crippen LogP contribution in [0.15, 0.2) is 47.1 Å². The van der Waals surface area contributed by atoms with Gasteiger partial charge < -0.3 is 4.42 Å². The average Bonchev–Trinajstić information content (AvgIpc) is 2.67. The Hall–Kier alpha value is -1.48. The van der Waals surface area contributed by atoms with E-state index in [-0.39, 0.29) is 5.12 Å². The number of carbonyl (C=O) groups is 1. The van der Waals surface area contributed by atoms with E-state index in [2.05, 4.69) is 12.6 Å². The van der Waals surface area contributed by atoms with Crippen LogP contribution in [0.4, 0.5) is 0 Å². The predicted octanol–water partition coefficient (Wildman–Crippen LogP) is 2.94. The van der Waals surface area contributed by atoms with Crippen molar-refractivity contribution < 1.29 is 9.21 Å². The molecule has 2 rings (SSSR count). The predicted molar refractivity (Wildman–Crippen MR) is 61.3 cm³/mol. The zero-order chi connectivity index (χ0) is 10.7. The van der Waals surface area contributed by atoms with E-state index in [9.17, 15) is 4.79 Å². The van der Waals surface area contributed by atoms with Gasteiger partial charge in [0, 0.05) is 12.0 Å². The Morgan fingerprint density at radius 3 is 2.60 bits per heavy atom. The van der Waals surface area contributed by atoms with Gasteiger partial charge in [-0.2, -0.15) is 0 Å². The van der Waals surface area contributed by atoms with Gasteiger partial charge in [-0.3, -0.25) is 4.79 Å². The SMILES string of the molecule is O=C(S)c1occc1Cc1ccccc1. The fourth-order valence-electron chi connectivity index (χ4n) is 1.48. The maximum absolute atomic E-state index is 11.1. The average molecular weight is 218 g/mol. The molecule has 1 aromatic carbocycles. The second-order valence-corrected chi connectivity index (χ2v) is 3.65. The number of furan rings is 1. The van der Waals surface area contributed by atoms with Crippen LogP contribution in [0.25, 0.3) is 0 Å². The van der Waals surface area contributed by atoms with Gasteiger partial charge in [0.2, 0.25) is 0 Å². The fraction of sp³-hybridized carbons (Fsp3) is 0.0833. The smallest absolute Gasteiger partial charge is 0.251 e.